The molecule has 116 valence electrons. The second kappa shape index (κ2) is 5.87. The van der Waals surface area contributed by atoms with Crippen LogP contribution in [0.4, 0.5) is 5.95 Å². The molecule has 0 spiro atoms. The fourth-order valence-corrected chi connectivity index (χ4v) is 3.25. The van der Waals surface area contributed by atoms with Gasteiger partial charge in [0.15, 0.2) is 0 Å². The van der Waals surface area contributed by atoms with Crippen LogP contribution in [0.25, 0.3) is 0 Å². The van der Waals surface area contributed by atoms with Gasteiger partial charge in [0, 0.05) is 10.0 Å². The SMILES string of the molecule is Clc1ccc([C@H]2C[C@@H](c3ccc(Cl)cc3)n3ncnc3N2)cc1. The van der Waals surface area contributed by atoms with Crippen molar-refractivity contribution in [2.24, 2.45) is 0 Å². The molecule has 0 bridgehead atoms. The van der Waals surface area contributed by atoms with Crippen LogP contribution in [0.15, 0.2) is 54.9 Å². The Morgan fingerprint density at radius 3 is 2.17 bits per heavy atom. The maximum Gasteiger partial charge on any atom is 0.222 e. The lowest BCUT2D eigenvalue weighted by atomic mass is 9.93. The molecule has 6 heteroatoms. The van der Waals surface area contributed by atoms with E-state index in [1.807, 2.05) is 53.2 Å². The highest BCUT2D eigenvalue weighted by molar-refractivity contribution is 6.30. The molecule has 23 heavy (non-hydrogen) atoms. The maximum absolute atomic E-state index is 6.01. The van der Waals surface area contributed by atoms with E-state index in [2.05, 4.69) is 15.4 Å². The van der Waals surface area contributed by atoms with Gasteiger partial charge in [-0.05, 0) is 41.8 Å². The molecule has 0 saturated heterocycles. The lowest BCUT2D eigenvalue weighted by Gasteiger charge is -2.31. The van der Waals surface area contributed by atoms with Crippen molar-refractivity contribution in [3.63, 3.8) is 0 Å². The lowest BCUT2D eigenvalue weighted by molar-refractivity contribution is 0.431. The molecule has 1 aliphatic heterocycles. The molecule has 1 N–H and O–H groups in total. The number of halogens is 2. The van der Waals surface area contributed by atoms with E-state index in [1.54, 1.807) is 6.33 Å². The van der Waals surface area contributed by atoms with Crippen LogP contribution in [0.3, 0.4) is 0 Å². The molecular formula is C17H14Cl2N4. The predicted molar refractivity (Wildman–Crippen MR) is 92.0 cm³/mol. The third-order valence-corrected chi connectivity index (χ3v) is 4.66. The second-order valence-corrected chi connectivity index (χ2v) is 6.45. The molecule has 1 aliphatic rings. The number of fused-ring (bicyclic) bond motifs is 1. The summed E-state index contributed by atoms with van der Waals surface area (Å²) < 4.78 is 1.93. The Balaban J connectivity index is 1.71. The largest absolute Gasteiger partial charge is 0.348 e. The Morgan fingerprint density at radius 1 is 0.913 bits per heavy atom. The van der Waals surface area contributed by atoms with E-state index in [-0.39, 0.29) is 12.1 Å². The number of hydrogen-bond acceptors (Lipinski definition) is 3. The Hall–Kier alpha value is -2.04. The molecule has 0 amide bonds. The molecule has 3 aromatic rings. The van der Waals surface area contributed by atoms with Crippen molar-refractivity contribution in [2.75, 3.05) is 5.32 Å². The molecular weight excluding hydrogens is 331 g/mol. The standard InChI is InChI=1S/C17H14Cl2N4/c18-13-5-1-11(2-6-13)15-9-16(12-3-7-14(19)8-4-12)23-17(22-15)20-10-21-23/h1-8,10,15-16H,9H2,(H,20,21,22)/t15-,16+/m1/s1. The van der Waals surface area contributed by atoms with Crippen molar-refractivity contribution >= 4 is 29.2 Å². The van der Waals surface area contributed by atoms with Gasteiger partial charge in [-0.2, -0.15) is 10.1 Å². The molecule has 0 fully saturated rings. The molecule has 4 rings (SSSR count). The van der Waals surface area contributed by atoms with Gasteiger partial charge in [0.1, 0.15) is 6.33 Å². The van der Waals surface area contributed by atoms with Crippen molar-refractivity contribution in [3.8, 4) is 0 Å². The second-order valence-electron chi connectivity index (χ2n) is 5.58. The van der Waals surface area contributed by atoms with E-state index < -0.39 is 0 Å². The van der Waals surface area contributed by atoms with Gasteiger partial charge >= 0.3 is 0 Å². The van der Waals surface area contributed by atoms with E-state index in [1.165, 1.54) is 11.1 Å². The first-order chi connectivity index (χ1) is 11.2. The third kappa shape index (κ3) is 2.80. The Morgan fingerprint density at radius 2 is 1.52 bits per heavy atom. The van der Waals surface area contributed by atoms with Crippen LogP contribution in [0, 0.1) is 0 Å². The van der Waals surface area contributed by atoms with Crippen LogP contribution < -0.4 is 5.32 Å². The number of anilines is 1. The summed E-state index contributed by atoms with van der Waals surface area (Å²) >= 11 is 12.0. The van der Waals surface area contributed by atoms with Gasteiger partial charge in [-0.1, -0.05) is 47.5 Å². The summed E-state index contributed by atoms with van der Waals surface area (Å²) in [6.07, 6.45) is 2.45. The highest BCUT2D eigenvalue weighted by Gasteiger charge is 2.29. The van der Waals surface area contributed by atoms with Gasteiger partial charge in [-0.3, -0.25) is 0 Å². The normalized spacial score (nSPS) is 19.9. The summed E-state index contributed by atoms with van der Waals surface area (Å²) in [4.78, 5) is 4.33. The smallest absolute Gasteiger partial charge is 0.222 e. The van der Waals surface area contributed by atoms with E-state index in [0.717, 1.165) is 22.4 Å². The van der Waals surface area contributed by atoms with Crippen LogP contribution in [0.2, 0.25) is 10.0 Å². The molecule has 2 atom stereocenters. The predicted octanol–water partition coefficient (Wildman–Crippen LogP) is 4.73. The minimum atomic E-state index is 0.117. The zero-order valence-electron chi connectivity index (χ0n) is 12.2. The Kier molecular flexibility index (Phi) is 3.71. The van der Waals surface area contributed by atoms with Crippen molar-refractivity contribution < 1.29 is 0 Å². The Bertz CT molecular complexity index is 811. The zero-order chi connectivity index (χ0) is 15.8. The number of rotatable bonds is 2. The molecule has 0 unspecified atom stereocenters. The molecule has 4 nitrogen and oxygen atoms in total. The first-order valence-corrected chi connectivity index (χ1v) is 8.13. The van der Waals surface area contributed by atoms with Crippen molar-refractivity contribution in [3.05, 3.63) is 76.0 Å². The summed E-state index contributed by atoms with van der Waals surface area (Å²) in [7, 11) is 0. The van der Waals surface area contributed by atoms with E-state index in [9.17, 15) is 0 Å². The third-order valence-electron chi connectivity index (χ3n) is 4.16. The van der Waals surface area contributed by atoms with Gasteiger partial charge < -0.3 is 5.32 Å². The minimum absolute atomic E-state index is 0.117. The first kappa shape index (κ1) is 14.5. The van der Waals surface area contributed by atoms with Crippen LogP contribution in [-0.2, 0) is 0 Å². The number of nitrogens with one attached hydrogen (secondary N) is 1. The number of benzene rings is 2. The summed E-state index contributed by atoms with van der Waals surface area (Å²) in [5, 5.41) is 9.28. The van der Waals surface area contributed by atoms with Gasteiger partial charge in [0.25, 0.3) is 0 Å². The number of hydrogen-bond donors (Lipinski definition) is 1. The monoisotopic (exact) mass is 344 g/mol. The average molecular weight is 345 g/mol. The first-order valence-electron chi connectivity index (χ1n) is 7.38. The molecule has 0 aliphatic carbocycles. The van der Waals surface area contributed by atoms with Crippen LogP contribution in [0.5, 0.6) is 0 Å². The minimum Gasteiger partial charge on any atom is -0.348 e. The molecule has 0 saturated carbocycles. The van der Waals surface area contributed by atoms with E-state index in [0.29, 0.717) is 0 Å². The van der Waals surface area contributed by atoms with Crippen molar-refractivity contribution in [1.82, 2.24) is 14.8 Å². The highest BCUT2D eigenvalue weighted by atomic mass is 35.5. The zero-order valence-corrected chi connectivity index (χ0v) is 13.7. The quantitative estimate of drug-likeness (QED) is 0.730. The average Bonchev–Trinajstić information content (AvgIpc) is 3.04. The Labute approximate surface area is 144 Å². The highest BCUT2D eigenvalue weighted by Crippen LogP contribution is 2.37. The maximum atomic E-state index is 6.01. The van der Waals surface area contributed by atoms with Crippen LogP contribution in [-0.4, -0.2) is 14.8 Å². The fraction of sp³-hybridized carbons (Fsp3) is 0.176. The summed E-state index contributed by atoms with van der Waals surface area (Å²) in [5.41, 5.74) is 2.35. The number of aromatic nitrogens is 3. The van der Waals surface area contributed by atoms with E-state index >= 15 is 0 Å². The van der Waals surface area contributed by atoms with Crippen LogP contribution >= 0.6 is 23.2 Å². The van der Waals surface area contributed by atoms with Gasteiger partial charge in [-0.15, -0.1) is 0 Å². The van der Waals surface area contributed by atoms with Gasteiger partial charge in [0.2, 0.25) is 5.95 Å². The van der Waals surface area contributed by atoms with Gasteiger partial charge in [0.05, 0.1) is 12.1 Å². The topological polar surface area (TPSA) is 42.7 Å². The fourth-order valence-electron chi connectivity index (χ4n) is 3.00. The van der Waals surface area contributed by atoms with Gasteiger partial charge in [-0.25, -0.2) is 4.68 Å². The van der Waals surface area contributed by atoms with Crippen molar-refractivity contribution in [1.29, 1.82) is 0 Å². The van der Waals surface area contributed by atoms with Crippen LogP contribution in [0.1, 0.15) is 29.6 Å². The van der Waals surface area contributed by atoms with Crippen molar-refractivity contribution in [2.45, 2.75) is 18.5 Å². The molecule has 1 aromatic heterocycles. The summed E-state index contributed by atoms with van der Waals surface area (Å²) in [6, 6.07) is 16.1. The summed E-state index contributed by atoms with van der Waals surface area (Å²) in [6.45, 7) is 0. The molecule has 0 radical (unpaired) electrons. The summed E-state index contributed by atoms with van der Waals surface area (Å²) in [5.74, 6) is 0.774. The molecule has 2 heterocycles. The van der Waals surface area contributed by atoms with E-state index in [4.69, 9.17) is 23.2 Å². The molecule has 2 aromatic carbocycles. The number of nitrogens with zero attached hydrogens (tertiary/aromatic N) is 3. The lowest BCUT2D eigenvalue weighted by Crippen LogP contribution is -2.28.